The molecule has 1 aromatic heterocycles. The zero-order valence-corrected chi connectivity index (χ0v) is 13.0. The minimum Gasteiger partial charge on any atom is -0.415 e. The lowest BCUT2D eigenvalue weighted by atomic mass is 10.2. The first-order chi connectivity index (χ1) is 8.45. The van der Waals surface area contributed by atoms with Gasteiger partial charge < -0.3 is 8.99 Å². The predicted molar refractivity (Wildman–Crippen MR) is 70.4 cm³/mol. The lowest BCUT2D eigenvalue weighted by Crippen LogP contribution is -2.41. The highest BCUT2D eigenvalue weighted by atomic mass is 28.4. The highest BCUT2D eigenvalue weighted by Crippen LogP contribution is 2.36. The average molecular weight is 294 g/mol. The zero-order valence-electron chi connectivity index (χ0n) is 12.0. The summed E-state index contributed by atoms with van der Waals surface area (Å²) in [6.07, 6.45) is -1.92. The van der Waals surface area contributed by atoms with Gasteiger partial charge in [0.25, 0.3) is 0 Å². The number of imidazole rings is 1. The molecule has 110 valence electrons. The van der Waals surface area contributed by atoms with Gasteiger partial charge in [-0.2, -0.15) is 13.2 Å². The fraction of sp³-hybridized carbons (Fsp3) is 0.750. The van der Waals surface area contributed by atoms with Crippen LogP contribution in [0.1, 0.15) is 26.6 Å². The van der Waals surface area contributed by atoms with Gasteiger partial charge in [0, 0.05) is 18.9 Å². The number of hydrogen-bond donors (Lipinski definition) is 0. The van der Waals surface area contributed by atoms with Crippen LogP contribution in [0.4, 0.5) is 13.2 Å². The van der Waals surface area contributed by atoms with E-state index in [1.807, 2.05) is 0 Å². The van der Waals surface area contributed by atoms with Crippen LogP contribution in [0.3, 0.4) is 0 Å². The Labute approximate surface area is 112 Å². The van der Waals surface area contributed by atoms with Gasteiger partial charge in [-0.15, -0.1) is 0 Å². The van der Waals surface area contributed by atoms with Gasteiger partial charge in [0.05, 0.1) is 6.61 Å². The van der Waals surface area contributed by atoms with Gasteiger partial charge in [-0.05, 0) is 18.1 Å². The topological polar surface area (TPSA) is 27.1 Å². The number of nitrogens with zero attached hydrogens (tertiary/aromatic N) is 2. The molecule has 0 bridgehead atoms. The van der Waals surface area contributed by atoms with E-state index in [4.69, 9.17) is 4.43 Å². The number of hydrogen-bond acceptors (Lipinski definition) is 2. The van der Waals surface area contributed by atoms with E-state index in [0.29, 0.717) is 0 Å². The van der Waals surface area contributed by atoms with Crippen LogP contribution >= 0.6 is 0 Å². The number of halogens is 3. The van der Waals surface area contributed by atoms with E-state index in [1.165, 1.54) is 6.20 Å². The van der Waals surface area contributed by atoms with E-state index in [1.54, 1.807) is 0 Å². The van der Waals surface area contributed by atoms with Crippen molar-refractivity contribution in [3.05, 3.63) is 18.2 Å². The lowest BCUT2D eigenvalue weighted by Gasteiger charge is -2.36. The van der Waals surface area contributed by atoms with Crippen LogP contribution in [-0.4, -0.2) is 24.5 Å². The fourth-order valence-electron chi connectivity index (χ4n) is 1.36. The molecule has 0 amide bonds. The number of alkyl halides is 3. The van der Waals surface area contributed by atoms with Crippen molar-refractivity contribution in [2.24, 2.45) is 0 Å². The first-order valence-electron chi connectivity index (χ1n) is 6.17. The first kappa shape index (κ1) is 16.2. The van der Waals surface area contributed by atoms with Crippen LogP contribution in [0.25, 0.3) is 0 Å². The summed E-state index contributed by atoms with van der Waals surface area (Å²) in [6, 6.07) is 0. The van der Waals surface area contributed by atoms with Crippen LogP contribution in [-0.2, 0) is 17.1 Å². The molecule has 0 saturated carbocycles. The Hall–Kier alpha value is -0.823. The molecule has 1 rings (SSSR count). The molecule has 0 aromatic carbocycles. The second kappa shape index (κ2) is 5.28. The second-order valence-corrected chi connectivity index (χ2v) is 10.9. The van der Waals surface area contributed by atoms with Crippen molar-refractivity contribution in [3.8, 4) is 0 Å². The zero-order chi connectivity index (χ0) is 14.9. The summed E-state index contributed by atoms with van der Waals surface area (Å²) in [5.74, 6) is -0.869. The molecule has 0 saturated heterocycles. The Balaban J connectivity index is 2.63. The Morgan fingerprint density at radius 3 is 2.32 bits per heavy atom. The van der Waals surface area contributed by atoms with Crippen LogP contribution in [0.15, 0.2) is 12.4 Å². The van der Waals surface area contributed by atoms with Crippen molar-refractivity contribution < 1.29 is 17.6 Å². The molecule has 0 N–H and O–H groups in total. The molecular formula is C12H21F3N2OSi. The molecule has 0 aliphatic heterocycles. The standard InChI is InChI=1S/C12H21F3N2OSi/c1-11(2,3)19(4,5)18-9-8-17-7-6-16-10(17)12(13,14)15/h6-7H,8-9H2,1-5H3. The van der Waals surface area contributed by atoms with E-state index < -0.39 is 20.3 Å². The molecule has 0 aliphatic rings. The summed E-state index contributed by atoms with van der Waals surface area (Å²) >= 11 is 0. The minimum absolute atomic E-state index is 0.0504. The van der Waals surface area contributed by atoms with Crippen LogP contribution < -0.4 is 0 Å². The Bertz CT molecular complexity index is 421. The van der Waals surface area contributed by atoms with Crippen molar-refractivity contribution in [3.63, 3.8) is 0 Å². The molecule has 0 fully saturated rings. The Kier molecular flexibility index (Phi) is 4.51. The Morgan fingerprint density at radius 2 is 1.84 bits per heavy atom. The summed E-state index contributed by atoms with van der Waals surface area (Å²) in [6.45, 7) is 10.9. The quantitative estimate of drug-likeness (QED) is 0.787. The normalized spacial score (nSPS) is 13.9. The predicted octanol–water partition coefficient (Wildman–Crippen LogP) is 3.92. The van der Waals surface area contributed by atoms with Crippen molar-refractivity contribution >= 4 is 8.32 Å². The summed E-state index contributed by atoms with van der Waals surface area (Å²) in [5, 5.41) is 0.0504. The Morgan fingerprint density at radius 1 is 1.26 bits per heavy atom. The number of rotatable bonds is 4. The van der Waals surface area contributed by atoms with E-state index in [0.717, 1.165) is 10.8 Å². The van der Waals surface area contributed by atoms with E-state index in [-0.39, 0.29) is 18.2 Å². The van der Waals surface area contributed by atoms with Gasteiger partial charge in [-0.3, -0.25) is 0 Å². The van der Waals surface area contributed by atoms with E-state index in [9.17, 15) is 13.2 Å². The summed E-state index contributed by atoms with van der Waals surface area (Å²) in [5.41, 5.74) is 0. The molecular weight excluding hydrogens is 273 g/mol. The molecule has 7 heteroatoms. The molecule has 1 heterocycles. The van der Waals surface area contributed by atoms with Gasteiger partial charge in [0.15, 0.2) is 8.32 Å². The lowest BCUT2D eigenvalue weighted by molar-refractivity contribution is -0.147. The third-order valence-corrected chi connectivity index (χ3v) is 8.11. The molecule has 0 radical (unpaired) electrons. The SMILES string of the molecule is CC(C)(C)[Si](C)(C)OCCn1ccnc1C(F)(F)F. The van der Waals surface area contributed by atoms with E-state index in [2.05, 4.69) is 38.8 Å². The van der Waals surface area contributed by atoms with Crippen molar-refractivity contribution in [1.29, 1.82) is 0 Å². The fourth-order valence-corrected chi connectivity index (χ4v) is 2.40. The average Bonchev–Trinajstić information content (AvgIpc) is 2.63. The van der Waals surface area contributed by atoms with Crippen LogP contribution in [0, 0.1) is 0 Å². The highest BCUT2D eigenvalue weighted by Gasteiger charge is 2.38. The minimum atomic E-state index is -4.42. The monoisotopic (exact) mass is 294 g/mol. The van der Waals surface area contributed by atoms with Gasteiger partial charge >= 0.3 is 6.18 Å². The molecule has 19 heavy (non-hydrogen) atoms. The van der Waals surface area contributed by atoms with Crippen molar-refractivity contribution in [1.82, 2.24) is 9.55 Å². The van der Waals surface area contributed by atoms with Gasteiger partial charge in [-0.25, -0.2) is 4.98 Å². The highest BCUT2D eigenvalue weighted by molar-refractivity contribution is 6.74. The first-order valence-corrected chi connectivity index (χ1v) is 9.08. The summed E-state index contributed by atoms with van der Waals surface area (Å²) in [7, 11) is -1.92. The molecule has 0 aliphatic carbocycles. The molecule has 0 atom stereocenters. The maximum Gasteiger partial charge on any atom is 0.449 e. The molecule has 0 unspecified atom stereocenters. The van der Waals surface area contributed by atoms with Crippen LogP contribution in [0.5, 0.6) is 0 Å². The van der Waals surface area contributed by atoms with Crippen molar-refractivity contribution in [2.45, 2.75) is 51.6 Å². The summed E-state index contributed by atoms with van der Waals surface area (Å²) < 4.78 is 44.8. The second-order valence-electron chi connectivity index (χ2n) is 6.05. The third kappa shape index (κ3) is 4.07. The maximum atomic E-state index is 12.6. The molecule has 3 nitrogen and oxygen atoms in total. The smallest absolute Gasteiger partial charge is 0.415 e. The van der Waals surface area contributed by atoms with Gasteiger partial charge in [0.2, 0.25) is 5.82 Å². The number of aromatic nitrogens is 2. The van der Waals surface area contributed by atoms with Gasteiger partial charge in [0.1, 0.15) is 0 Å². The van der Waals surface area contributed by atoms with E-state index >= 15 is 0 Å². The largest absolute Gasteiger partial charge is 0.449 e. The van der Waals surface area contributed by atoms with Gasteiger partial charge in [-0.1, -0.05) is 20.8 Å². The maximum absolute atomic E-state index is 12.6. The molecule has 0 spiro atoms. The van der Waals surface area contributed by atoms with Crippen LogP contribution in [0.2, 0.25) is 18.1 Å². The molecule has 1 aromatic rings. The third-order valence-electron chi connectivity index (χ3n) is 3.57. The van der Waals surface area contributed by atoms with Crippen molar-refractivity contribution in [2.75, 3.05) is 6.61 Å². The summed E-state index contributed by atoms with van der Waals surface area (Å²) in [4.78, 5) is 3.35.